The number of benzene rings is 1. The van der Waals surface area contributed by atoms with Crippen molar-refractivity contribution in [3.8, 4) is 0 Å². The number of pyridine rings is 1. The molecule has 7 heteroatoms. The van der Waals surface area contributed by atoms with Crippen molar-refractivity contribution in [1.29, 1.82) is 0 Å². The van der Waals surface area contributed by atoms with Crippen LogP contribution >= 0.6 is 35.0 Å². The summed E-state index contributed by atoms with van der Waals surface area (Å²) in [5.41, 5.74) is 1.51. The van der Waals surface area contributed by atoms with Crippen LogP contribution in [0.1, 0.15) is 5.69 Å². The van der Waals surface area contributed by atoms with Gasteiger partial charge in [0.2, 0.25) is 0 Å². The van der Waals surface area contributed by atoms with E-state index in [2.05, 4.69) is 10.3 Å². The van der Waals surface area contributed by atoms with Crippen molar-refractivity contribution in [2.75, 3.05) is 19.4 Å². The van der Waals surface area contributed by atoms with Crippen LogP contribution in [0.3, 0.4) is 0 Å². The number of carbonyl (C=O) groups excluding carboxylic acids is 1. The van der Waals surface area contributed by atoms with Gasteiger partial charge < -0.3 is 10.2 Å². The predicted molar refractivity (Wildman–Crippen MR) is 93.0 cm³/mol. The highest BCUT2D eigenvalue weighted by atomic mass is 35.5. The van der Waals surface area contributed by atoms with E-state index in [4.69, 9.17) is 23.2 Å². The minimum absolute atomic E-state index is 0.157. The molecule has 2 aromatic rings. The number of anilines is 1. The van der Waals surface area contributed by atoms with Gasteiger partial charge in [-0.3, -0.25) is 0 Å². The number of amides is 2. The highest BCUT2D eigenvalue weighted by Crippen LogP contribution is 2.27. The topological polar surface area (TPSA) is 45.2 Å². The van der Waals surface area contributed by atoms with Crippen molar-refractivity contribution in [2.45, 2.75) is 10.6 Å². The molecule has 0 unspecified atom stereocenters. The lowest BCUT2D eigenvalue weighted by atomic mass is 10.3. The maximum absolute atomic E-state index is 11.6. The Balaban J connectivity index is 1.97. The van der Waals surface area contributed by atoms with E-state index in [0.717, 1.165) is 16.3 Å². The number of aromatic nitrogens is 1. The van der Waals surface area contributed by atoms with E-state index in [1.165, 1.54) is 4.90 Å². The average molecular weight is 356 g/mol. The van der Waals surface area contributed by atoms with Gasteiger partial charge >= 0.3 is 6.03 Å². The molecule has 0 aliphatic carbocycles. The molecule has 0 atom stereocenters. The Kier molecular flexibility index (Phi) is 5.94. The second kappa shape index (κ2) is 7.72. The summed E-state index contributed by atoms with van der Waals surface area (Å²) < 4.78 is 0. The van der Waals surface area contributed by atoms with Crippen LogP contribution in [0.5, 0.6) is 0 Å². The number of halogens is 2. The summed E-state index contributed by atoms with van der Waals surface area (Å²) in [6, 6.07) is 10.8. The molecule has 0 saturated heterocycles. The van der Waals surface area contributed by atoms with Crippen LogP contribution in [-0.2, 0) is 5.75 Å². The molecule has 1 heterocycles. The molecular formula is C15H15Cl2N3OS. The van der Waals surface area contributed by atoms with E-state index in [0.29, 0.717) is 15.9 Å². The van der Waals surface area contributed by atoms with Crippen molar-refractivity contribution in [2.24, 2.45) is 0 Å². The van der Waals surface area contributed by atoms with E-state index in [1.54, 1.807) is 38.0 Å². The number of urea groups is 1. The van der Waals surface area contributed by atoms with E-state index >= 15 is 0 Å². The number of nitrogens with zero attached hydrogens (tertiary/aromatic N) is 2. The normalized spacial score (nSPS) is 10.4. The van der Waals surface area contributed by atoms with E-state index in [-0.39, 0.29) is 6.03 Å². The van der Waals surface area contributed by atoms with Gasteiger partial charge in [0.1, 0.15) is 5.15 Å². The summed E-state index contributed by atoms with van der Waals surface area (Å²) in [7, 11) is 3.39. The molecule has 0 aliphatic rings. The molecule has 0 radical (unpaired) electrons. The quantitative estimate of drug-likeness (QED) is 0.634. The molecule has 2 rings (SSSR count). The number of hydrogen-bond acceptors (Lipinski definition) is 3. The Morgan fingerprint density at radius 3 is 2.50 bits per heavy atom. The third kappa shape index (κ3) is 4.80. The van der Waals surface area contributed by atoms with E-state index in [9.17, 15) is 4.79 Å². The van der Waals surface area contributed by atoms with Gasteiger partial charge in [-0.25, -0.2) is 9.78 Å². The van der Waals surface area contributed by atoms with Gasteiger partial charge in [-0.1, -0.05) is 23.2 Å². The first-order valence-corrected chi connectivity index (χ1v) is 8.22. The van der Waals surface area contributed by atoms with Crippen molar-refractivity contribution < 1.29 is 4.79 Å². The van der Waals surface area contributed by atoms with Crippen LogP contribution in [0.2, 0.25) is 10.2 Å². The minimum Gasteiger partial charge on any atom is -0.331 e. The van der Waals surface area contributed by atoms with Crippen LogP contribution in [-0.4, -0.2) is 30.0 Å². The summed E-state index contributed by atoms with van der Waals surface area (Å²) in [4.78, 5) is 18.3. The Morgan fingerprint density at radius 1 is 1.18 bits per heavy atom. The largest absolute Gasteiger partial charge is 0.331 e. The first-order chi connectivity index (χ1) is 10.5. The SMILES string of the molecule is CN(C)C(=O)Nc1ccc(SCc2nc(Cl)ccc2Cl)cc1. The van der Waals surface area contributed by atoms with Crippen LogP contribution < -0.4 is 5.32 Å². The first-order valence-electron chi connectivity index (χ1n) is 6.48. The Labute approximate surface area is 143 Å². The summed E-state index contributed by atoms with van der Waals surface area (Å²) in [5.74, 6) is 0.628. The highest BCUT2D eigenvalue weighted by molar-refractivity contribution is 7.98. The lowest BCUT2D eigenvalue weighted by Crippen LogP contribution is -2.27. The van der Waals surface area contributed by atoms with E-state index < -0.39 is 0 Å². The van der Waals surface area contributed by atoms with Crippen molar-refractivity contribution in [3.63, 3.8) is 0 Å². The number of thioether (sulfide) groups is 1. The average Bonchev–Trinajstić information content (AvgIpc) is 2.49. The van der Waals surface area contributed by atoms with Crippen LogP contribution in [0, 0.1) is 0 Å². The lowest BCUT2D eigenvalue weighted by molar-refractivity contribution is 0.230. The molecule has 1 N–H and O–H groups in total. The van der Waals surface area contributed by atoms with Gasteiger partial charge in [-0.05, 0) is 36.4 Å². The van der Waals surface area contributed by atoms with Crippen LogP contribution in [0.15, 0.2) is 41.3 Å². The van der Waals surface area contributed by atoms with Crippen molar-refractivity contribution >= 4 is 46.7 Å². The zero-order chi connectivity index (χ0) is 16.1. The fourth-order valence-electron chi connectivity index (χ4n) is 1.58. The minimum atomic E-state index is -0.157. The highest BCUT2D eigenvalue weighted by Gasteiger charge is 2.06. The molecule has 0 fully saturated rings. The molecule has 22 heavy (non-hydrogen) atoms. The smallest absolute Gasteiger partial charge is 0.321 e. The molecule has 2 amide bonds. The molecule has 0 aliphatic heterocycles. The molecule has 1 aromatic heterocycles. The molecule has 4 nitrogen and oxygen atoms in total. The standard InChI is InChI=1S/C15H15Cl2N3OS/c1-20(2)15(21)18-10-3-5-11(6-4-10)22-9-13-12(16)7-8-14(17)19-13/h3-8H,9H2,1-2H3,(H,18,21). The molecule has 1 aromatic carbocycles. The molecular weight excluding hydrogens is 341 g/mol. The maximum atomic E-state index is 11.6. The third-order valence-electron chi connectivity index (χ3n) is 2.77. The second-order valence-corrected chi connectivity index (χ2v) is 6.54. The predicted octanol–water partition coefficient (Wildman–Crippen LogP) is 4.77. The van der Waals surface area contributed by atoms with Gasteiger partial charge in [0.15, 0.2) is 0 Å². The first kappa shape index (κ1) is 16.9. The summed E-state index contributed by atoms with van der Waals surface area (Å²) >= 11 is 13.6. The maximum Gasteiger partial charge on any atom is 0.321 e. The number of hydrogen-bond donors (Lipinski definition) is 1. The molecule has 0 bridgehead atoms. The molecule has 0 saturated carbocycles. The second-order valence-electron chi connectivity index (χ2n) is 4.70. The third-order valence-corrected chi connectivity index (χ3v) is 4.35. The fourth-order valence-corrected chi connectivity index (χ4v) is 2.85. The van der Waals surface area contributed by atoms with Gasteiger partial charge in [0.05, 0.1) is 10.7 Å². The lowest BCUT2D eigenvalue weighted by Gasteiger charge is -2.12. The summed E-state index contributed by atoms with van der Waals surface area (Å²) in [6.45, 7) is 0. The van der Waals surface area contributed by atoms with Gasteiger partial charge in [0, 0.05) is 30.4 Å². The monoisotopic (exact) mass is 355 g/mol. The van der Waals surface area contributed by atoms with Gasteiger partial charge in [-0.15, -0.1) is 11.8 Å². The van der Waals surface area contributed by atoms with Crippen molar-refractivity contribution in [1.82, 2.24) is 9.88 Å². The number of carbonyl (C=O) groups is 1. The summed E-state index contributed by atoms with van der Waals surface area (Å²) in [5, 5.41) is 3.82. The van der Waals surface area contributed by atoms with E-state index in [1.807, 2.05) is 24.3 Å². The number of rotatable bonds is 4. The Morgan fingerprint density at radius 2 is 1.86 bits per heavy atom. The van der Waals surface area contributed by atoms with Gasteiger partial charge in [-0.2, -0.15) is 0 Å². The van der Waals surface area contributed by atoms with Gasteiger partial charge in [0.25, 0.3) is 0 Å². The van der Waals surface area contributed by atoms with Crippen LogP contribution in [0.25, 0.3) is 0 Å². The summed E-state index contributed by atoms with van der Waals surface area (Å²) in [6.07, 6.45) is 0. The fraction of sp³-hybridized carbons (Fsp3) is 0.200. The number of nitrogens with one attached hydrogen (secondary N) is 1. The Bertz CT molecular complexity index is 662. The zero-order valence-electron chi connectivity index (χ0n) is 12.1. The Hall–Kier alpha value is -1.43. The molecule has 0 spiro atoms. The van der Waals surface area contributed by atoms with Crippen molar-refractivity contribution in [3.05, 3.63) is 52.3 Å². The van der Waals surface area contributed by atoms with Crippen LogP contribution in [0.4, 0.5) is 10.5 Å². The zero-order valence-corrected chi connectivity index (χ0v) is 14.5. The molecule has 116 valence electrons.